The molecule has 0 bridgehead atoms. The van der Waals surface area contributed by atoms with Gasteiger partial charge in [0, 0.05) is 36.5 Å². The molecule has 5 aromatic rings. The molecule has 3 aromatic carbocycles. The van der Waals surface area contributed by atoms with E-state index in [1.54, 1.807) is 22.7 Å². The van der Waals surface area contributed by atoms with Crippen molar-refractivity contribution in [2.45, 2.75) is 0 Å². The van der Waals surface area contributed by atoms with Crippen LogP contribution in [0.3, 0.4) is 0 Å². The van der Waals surface area contributed by atoms with Crippen LogP contribution in [0.4, 0.5) is 0 Å². The minimum atomic E-state index is -2.35. The van der Waals surface area contributed by atoms with Crippen molar-refractivity contribution in [2.75, 3.05) is 0 Å². The highest BCUT2D eigenvalue weighted by molar-refractivity contribution is 7.28. The van der Waals surface area contributed by atoms with Crippen LogP contribution in [0.5, 0.6) is 0 Å². The molecule has 0 nitrogen and oxygen atoms in total. The van der Waals surface area contributed by atoms with Gasteiger partial charge >= 0.3 is 0 Å². The van der Waals surface area contributed by atoms with E-state index in [4.69, 9.17) is 0 Å². The van der Waals surface area contributed by atoms with E-state index in [2.05, 4.69) is 111 Å². The third kappa shape index (κ3) is 4.00. The van der Waals surface area contributed by atoms with E-state index in [-0.39, 0.29) is 0 Å². The van der Waals surface area contributed by atoms with E-state index >= 15 is 0 Å². The van der Waals surface area contributed by atoms with Crippen LogP contribution in [-0.4, -0.2) is 16.1 Å². The summed E-state index contributed by atoms with van der Waals surface area (Å²) in [5.41, 5.74) is 20.8. The first-order valence-corrected chi connectivity index (χ1v) is 18.2. The maximum Gasteiger partial charge on any atom is 0.207 e. The molecule has 0 radical (unpaired) electrons. The van der Waals surface area contributed by atoms with Crippen LogP contribution in [0.1, 0.15) is 11.1 Å². The van der Waals surface area contributed by atoms with Crippen LogP contribution >= 0.6 is 22.7 Å². The van der Waals surface area contributed by atoms with Gasteiger partial charge in [-0.05, 0) is 20.2 Å². The minimum absolute atomic E-state index is 1.04. The van der Waals surface area contributed by atoms with Crippen LogP contribution < -0.4 is 0 Å². The number of thiophene rings is 2. The molecule has 38 heavy (non-hydrogen) atoms. The predicted molar refractivity (Wildman–Crippen MR) is 179 cm³/mol. The van der Waals surface area contributed by atoms with Gasteiger partial charge in [0.15, 0.2) is 0 Å². The molecule has 0 unspecified atom stereocenters. The van der Waals surface area contributed by atoms with Crippen molar-refractivity contribution in [3.63, 3.8) is 0 Å². The fraction of sp³-hybridized carbons (Fsp3) is 0. The summed E-state index contributed by atoms with van der Waals surface area (Å²) in [6.45, 7) is 24.3. The second kappa shape index (κ2) is 10.1. The molecular formula is C34H26S2Si2-. The van der Waals surface area contributed by atoms with Crippen LogP contribution in [-0.2, 0) is 0 Å². The van der Waals surface area contributed by atoms with Crippen molar-refractivity contribution in [2.24, 2.45) is 0 Å². The van der Waals surface area contributed by atoms with Crippen molar-refractivity contribution < 1.29 is 0 Å². The quantitative estimate of drug-likeness (QED) is 0.145. The van der Waals surface area contributed by atoms with Gasteiger partial charge in [-0.15, -0.1) is 73.6 Å². The lowest BCUT2D eigenvalue weighted by Gasteiger charge is -2.24. The Morgan fingerprint density at radius 2 is 1.08 bits per heavy atom. The third-order valence-corrected chi connectivity index (χ3v) is 14.5. The van der Waals surface area contributed by atoms with Gasteiger partial charge in [0.05, 0.1) is 15.0 Å². The van der Waals surface area contributed by atoms with Gasteiger partial charge in [-0.2, -0.15) is 0 Å². The number of hydrogen-bond donors (Lipinski definition) is 0. The largest absolute Gasteiger partial charge is 0.266 e. The highest BCUT2D eigenvalue weighted by Crippen LogP contribution is 2.47. The average molecular weight is 555 g/mol. The molecule has 0 fully saturated rings. The monoisotopic (exact) mass is 554 g/mol. The Labute approximate surface area is 234 Å². The van der Waals surface area contributed by atoms with Gasteiger partial charge in [-0.1, -0.05) is 59.4 Å². The Hall–Kier alpha value is -3.91. The molecule has 0 aliphatic carbocycles. The molecule has 0 aliphatic rings. The molecule has 2 aromatic heterocycles. The summed E-state index contributed by atoms with van der Waals surface area (Å²) >= 11 is 3.55. The van der Waals surface area contributed by atoms with Gasteiger partial charge in [0.1, 0.15) is 0 Å². The van der Waals surface area contributed by atoms with E-state index in [0.717, 1.165) is 31.3 Å². The zero-order valence-electron chi connectivity index (χ0n) is 21.1. The normalized spacial score (nSPS) is 11.4. The Morgan fingerprint density at radius 1 is 0.632 bits per heavy atom. The summed E-state index contributed by atoms with van der Waals surface area (Å²) in [6.07, 6.45) is 0. The summed E-state index contributed by atoms with van der Waals surface area (Å²) in [5.74, 6) is 7.25. The van der Waals surface area contributed by atoms with Gasteiger partial charge in [-0.25, -0.2) is 17.1 Å². The van der Waals surface area contributed by atoms with Gasteiger partial charge in [-0.3, -0.25) is 5.54 Å². The number of benzene rings is 3. The fourth-order valence-electron chi connectivity index (χ4n) is 4.55. The van der Waals surface area contributed by atoms with Crippen molar-refractivity contribution in [1.29, 1.82) is 0 Å². The average Bonchev–Trinajstić information content (AvgIpc) is 3.55. The molecule has 2 heterocycles. The lowest BCUT2D eigenvalue weighted by atomic mass is 9.98. The van der Waals surface area contributed by atoms with E-state index in [1.165, 1.54) is 20.2 Å². The highest BCUT2D eigenvalue weighted by atomic mass is 32.1. The fourth-order valence-corrected chi connectivity index (χ4v) is 9.28. The predicted octanol–water partition coefficient (Wildman–Crippen LogP) is 9.45. The highest BCUT2D eigenvalue weighted by Gasteiger charge is 2.22. The minimum Gasteiger partial charge on any atom is -0.266 e. The third-order valence-electron chi connectivity index (χ3n) is 6.98. The molecule has 4 heteroatoms. The lowest BCUT2D eigenvalue weighted by Crippen LogP contribution is -2.24. The maximum absolute atomic E-state index is 4.05. The number of rotatable bonds is 6. The first-order chi connectivity index (χ1) is 18.5. The zero-order valence-corrected chi connectivity index (χ0v) is 24.8. The van der Waals surface area contributed by atoms with Crippen LogP contribution in [0.15, 0.2) is 122 Å². The molecule has 0 N–H and O–H groups in total. The topological polar surface area (TPSA) is 0 Å². The molecular weight excluding hydrogens is 529 g/mol. The first-order valence-electron chi connectivity index (χ1n) is 12.2. The standard InChI is InChI=1S/C34H26S2Si2/c1-7-37(8-2,9-3)23-21-27-31-25-17-13-15-19-29(25)36-34(31)28(22-24-38(10-4,11-5)12-6)32-26-18-14-16-20-30(26)35-33(27)32/h7-20H,1-6H2/q-1. The molecule has 0 atom stereocenters. The number of hydrogen-bond acceptors (Lipinski definition) is 2. The Balaban J connectivity index is 2.04. The van der Waals surface area contributed by atoms with Crippen molar-refractivity contribution in [1.82, 2.24) is 0 Å². The summed E-state index contributed by atoms with van der Waals surface area (Å²) in [7, 11) is -4.69. The molecule has 0 aliphatic heterocycles. The van der Waals surface area contributed by atoms with Crippen molar-refractivity contribution >= 4 is 79.2 Å². The molecule has 0 saturated carbocycles. The smallest absolute Gasteiger partial charge is 0.207 e. The zero-order chi connectivity index (χ0) is 26.9. The molecule has 183 valence electrons. The van der Waals surface area contributed by atoms with Gasteiger partial charge < -0.3 is 0 Å². The number of fused-ring (bicyclic) bond motifs is 6. The molecule has 0 spiro atoms. The van der Waals surface area contributed by atoms with E-state index in [9.17, 15) is 0 Å². The maximum atomic E-state index is 4.05. The van der Waals surface area contributed by atoms with Crippen LogP contribution in [0, 0.1) is 22.9 Å². The Bertz CT molecular complexity index is 1770. The van der Waals surface area contributed by atoms with Crippen molar-refractivity contribution in [3.8, 4) is 22.9 Å². The van der Waals surface area contributed by atoms with Gasteiger partial charge in [0.2, 0.25) is 8.07 Å². The second-order valence-corrected chi connectivity index (χ2v) is 17.7. The Morgan fingerprint density at radius 3 is 1.53 bits per heavy atom. The van der Waals surface area contributed by atoms with E-state index in [1.807, 2.05) is 34.2 Å². The summed E-state index contributed by atoms with van der Waals surface area (Å²) < 4.78 is 4.74. The van der Waals surface area contributed by atoms with Gasteiger partial charge in [0.25, 0.3) is 0 Å². The van der Waals surface area contributed by atoms with E-state index < -0.39 is 16.1 Å². The lowest BCUT2D eigenvalue weighted by molar-refractivity contribution is 1.84. The Kier molecular flexibility index (Phi) is 6.84. The van der Waals surface area contributed by atoms with Crippen molar-refractivity contribution in [3.05, 3.63) is 133 Å². The van der Waals surface area contributed by atoms with Crippen LogP contribution in [0.2, 0.25) is 0 Å². The molecule has 5 rings (SSSR count). The summed E-state index contributed by atoms with van der Waals surface area (Å²) in [5, 5.41) is 4.71. The SMILES string of the molecule is C=C[Si](C#Cc1c2sc3ccccc3c2c(C#C[Si-](C=C)(C=C)C=C)c2sc3ccccc3c12)(C=C)C=C. The first kappa shape index (κ1) is 25.7. The van der Waals surface area contributed by atoms with E-state index in [0.29, 0.717) is 0 Å². The molecule has 0 amide bonds. The summed E-state index contributed by atoms with van der Waals surface area (Å²) in [4.78, 5) is 0. The summed E-state index contributed by atoms with van der Waals surface area (Å²) in [6, 6.07) is 17.1. The second-order valence-electron chi connectivity index (χ2n) is 8.95. The van der Waals surface area contributed by atoms with Crippen LogP contribution in [0.25, 0.3) is 40.3 Å². The molecule has 0 saturated heterocycles.